The van der Waals surface area contributed by atoms with E-state index in [1.807, 2.05) is 67.8 Å². The number of hydrogen-bond acceptors (Lipinski definition) is 9. The number of benzene rings is 2. The van der Waals surface area contributed by atoms with E-state index < -0.39 is 5.60 Å². The minimum atomic E-state index is -0.543. The van der Waals surface area contributed by atoms with Crippen LogP contribution < -0.4 is 15.4 Å². The Morgan fingerprint density at radius 3 is 2.56 bits per heavy atom. The van der Waals surface area contributed by atoms with Crippen LogP contribution in [0.2, 0.25) is 0 Å². The van der Waals surface area contributed by atoms with Crippen molar-refractivity contribution in [2.45, 2.75) is 45.4 Å². The molecule has 1 aliphatic rings. The molecule has 0 spiro atoms. The Balaban J connectivity index is 1.40. The number of rotatable bonds is 10. The lowest BCUT2D eigenvalue weighted by Crippen LogP contribution is -2.35. The number of methoxy groups -OCH3 is 1. The van der Waals surface area contributed by atoms with Crippen molar-refractivity contribution in [2.24, 2.45) is 0 Å². The lowest BCUT2D eigenvalue weighted by atomic mass is 10.2. The molecule has 5 rings (SSSR count). The summed E-state index contributed by atoms with van der Waals surface area (Å²) in [5.41, 5.74) is 2.76. The summed E-state index contributed by atoms with van der Waals surface area (Å²) in [6.07, 6.45) is 2.25. The maximum atomic E-state index is 12.7. The second kappa shape index (κ2) is 12.4. The first kappa shape index (κ1) is 28.2. The Bertz CT molecular complexity index is 1450. The zero-order chi connectivity index (χ0) is 28.8. The Morgan fingerprint density at radius 2 is 1.83 bits per heavy atom. The maximum Gasteiger partial charge on any atom is 0.410 e. The van der Waals surface area contributed by atoms with Crippen molar-refractivity contribution in [1.29, 1.82) is 0 Å². The maximum absolute atomic E-state index is 12.7. The average molecular weight is 560 g/mol. The van der Waals surface area contributed by atoms with Gasteiger partial charge < -0.3 is 34.3 Å². The number of nitrogens with one attached hydrogen (secondary N) is 2. The molecule has 2 N–H and O–H groups in total. The van der Waals surface area contributed by atoms with Gasteiger partial charge in [-0.1, -0.05) is 30.3 Å². The van der Waals surface area contributed by atoms with Gasteiger partial charge in [0.05, 0.1) is 19.0 Å². The van der Waals surface area contributed by atoms with Crippen molar-refractivity contribution in [3.05, 3.63) is 66.5 Å². The third-order valence-electron chi connectivity index (χ3n) is 6.60. The monoisotopic (exact) mass is 559 g/mol. The van der Waals surface area contributed by atoms with Gasteiger partial charge in [-0.05, 0) is 57.0 Å². The van der Waals surface area contributed by atoms with Crippen molar-refractivity contribution in [2.75, 3.05) is 44.0 Å². The van der Waals surface area contributed by atoms with E-state index in [1.165, 1.54) is 0 Å². The average Bonchev–Trinajstić information content (AvgIpc) is 3.60. The van der Waals surface area contributed by atoms with Gasteiger partial charge in [-0.25, -0.2) is 9.78 Å². The van der Waals surface area contributed by atoms with Crippen LogP contribution in [0.1, 0.15) is 38.8 Å². The molecule has 4 aromatic rings. The molecule has 1 amide bonds. The molecule has 11 nitrogen and oxygen atoms in total. The number of hydrogen-bond donors (Lipinski definition) is 2. The number of likely N-dealkylation sites (tertiary alicyclic amines) is 1. The number of ether oxygens (including phenoxy) is 3. The van der Waals surface area contributed by atoms with Gasteiger partial charge in [-0.2, -0.15) is 9.97 Å². The van der Waals surface area contributed by atoms with Gasteiger partial charge in [0.1, 0.15) is 18.0 Å². The van der Waals surface area contributed by atoms with E-state index >= 15 is 0 Å². The molecule has 1 fully saturated rings. The van der Waals surface area contributed by atoms with Crippen molar-refractivity contribution in [3.63, 3.8) is 0 Å². The van der Waals surface area contributed by atoms with Crippen molar-refractivity contribution in [1.82, 2.24) is 24.4 Å². The number of nitrogens with zero attached hydrogens (tertiary/aromatic N) is 5. The van der Waals surface area contributed by atoms with Crippen LogP contribution in [-0.4, -0.2) is 69.5 Å². The molecule has 0 unspecified atom stereocenters. The van der Waals surface area contributed by atoms with Crippen LogP contribution in [0.15, 0.2) is 60.9 Å². The van der Waals surface area contributed by atoms with Crippen molar-refractivity contribution < 1.29 is 19.0 Å². The number of anilines is 3. The van der Waals surface area contributed by atoms with Gasteiger partial charge in [0.15, 0.2) is 17.0 Å². The molecule has 2 aromatic heterocycles. The summed E-state index contributed by atoms with van der Waals surface area (Å²) >= 11 is 0. The number of imidazole rings is 1. The standard InChI is InChI=1S/C30H37N7O4/c1-30(2,3)41-29(38)36-15-14-23(19-36)37-20-32-25-26(31-18-21-8-6-5-7-9-21)34-28(35-27(25)37)33-22-10-12-24(13-11-22)40-17-16-39-4/h5-13,20,23H,14-19H2,1-4H3,(H2,31,33,34,35)/t23-/m1/s1. The number of fused-ring (bicyclic) bond motifs is 1. The molecular formula is C30H37N7O4. The summed E-state index contributed by atoms with van der Waals surface area (Å²) in [5.74, 6) is 1.81. The van der Waals surface area contributed by atoms with Crippen LogP contribution in [0.4, 0.5) is 22.2 Å². The summed E-state index contributed by atoms with van der Waals surface area (Å²) in [6.45, 7) is 8.34. The Kier molecular flexibility index (Phi) is 8.53. The zero-order valence-corrected chi connectivity index (χ0v) is 24.0. The molecule has 0 saturated carbocycles. The SMILES string of the molecule is COCCOc1ccc(Nc2nc(NCc3ccccc3)c3ncn([C@@H]4CCN(C(=O)OC(C)(C)C)C4)c3n2)cc1. The fourth-order valence-corrected chi connectivity index (χ4v) is 4.61. The highest BCUT2D eigenvalue weighted by Crippen LogP contribution is 2.30. The Morgan fingerprint density at radius 1 is 1.05 bits per heavy atom. The second-order valence-electron chi connectivity index (χ2n) is 10.9. The molecule has 0 radical (unpaired) electrons. The molecular weight excluding hydrogens is 522 g/mol. The van der Waals surface area contributed by atoms with Gasteiger partial charge in [0, 0.05) is 32.4 Å². The van der Waals surface area contributed by atoms with Crippen LogP contribution in [0.3, 0.4) is 0 Å². The highest BCUT2D eigenvalue weighted by molar-refractivity contribution is 5.85. The van der Waals surface area contributed by atoms with Gasteiger partial charge >= 0.3 is 6.09 Å². The molecule has 0 bridgehead atoms. The van der Waals surface area contributed by atoms with E-state index in [0.29, 0.717) is 55.8 Å². The van der Waals surface area contributed by atoms with Crippen LogP contribution >= 0.6 is 0 Å². The fourth-order valence-electron chi connectivity index (χ4n) is 4.61. The van der Waals surface area contributed by atoms with Crippen LogP contribution in [0, 0.1) is 0 Å². The molecule has 2 aromatic carbocycles. The minimum Gasteiger partial charge on any atom is -0.491 e. The van der Waals surface area contributed by atoms with E-state index in [0.717, 1.165) is 23.4 Å². The van der Waals surface area contributed by atoms with Gasteiger partial charge in [-0.15, -0.1) is 0 Å². The lowest BCUT2D eigenvalue weighted by Gasteiger charge is -2.24. The number of aromatic nitrogens is 4. The summed E-state index contributed by atoms with van der Waals surface area (Å²) in [7, 11) is 1.64. The normalized spacial score (nSPS) is 15.2. The smallest absolute Gasteiger partial charge is 0.410 e. The molecule has 11 heteroatoms. The third kappa shape index (κ3) is 7.23. The predicted octanol–water partition coefficient (Wildman–Crippen LogP) is 5.39. The van der Waals surface area contributed by atoms with E-state index in [1.54, 1.807) is 18.3 Å². The van der Waals surface area contributed by atoms with E-state index in [-0.39, 0.29) is 12.1 Å². The number of carbonyl (C=O) groups excluding carboxylic acids is 1. The van der Waals surface area contributed by atoms with Gasteiger partial charge in [0.2, 0.25) is 5.95 Å². The quantitative estimate of drug-likeness (QED) is 0.247. The summed E-state index contributed by atoms with van der Waals surface area (Å²) < 4.78 is 18.3. The highest BCUT2D eigenvalue weighted by atomic mass is 16.6. The zero-order valence-electron chi connectivity index (χ0n) is 24.0. The molecule has 1 aliphatic heterocycles. The van der Waals surface area contributed by atoms with Gasteiger partial charge in [0.25, 0.3) is 0 Å². The first-order chi connectivity index (χ1) is 19.8. The minimum absolute atomic E-state index is 0.0146. The molecule has 0 aliphatic carbocycles. The summed E-state index contributed by atoms with van der Waals surface area (Å²) in [4.78, 5) is 28.8. The van der Waals surface area contributed by atoms with E-state index in [9.17, 15) is 4.79 Å². The van der Waals surface area contributed by atoms with Crippen molar-refractivity contribution >= 4 is 34.7 Å². The summed E-state index contributed by atoms with van der Waals surface area (Å²) in [6, 6.07) is 17.7. The first-order valence-corrected chi connectivity index (χ1v) is 13.8. The van der Waals surface area contributed by atoms with Crippen LogP contribution in [0.5, 0.6) is 5.75 Å². The molecule has 3 heterocycles. The predicted molar refractivity (Wildman–Crippen MR) is 158 cm³/mol. The lowest BCUT2D eigenvalue weighted by molar-refractivity contribution is 0.0289. The molecule has 216 valence electrons. The topological polar surface area (TPSA) is 116 Å². The fraction of sp³-hybridized carbons (Fsp3) is 0.400. The second-order valence-corrected chi connectivity index (χ2v) is 10.9. The molecule has 41 heavy (non-hydrogen) atoms. The summed E-state index contributed by atoms with van der Waals surface area (Å²) in [5, 5.41) is 6.76. The van der Waals surface area contributed by atoms with Crippen LogP contribution in [0.25, 0.3) is 11.2 Å². The first-order valence-electron chi connectivity index (χ1n) is 13.8. The highest BCUT2D eigenvalue weighted by Gasteiger charge is 2.32. The van der Waals surface area contributed by atoms with Crippen LogP contribution in [-0.2, 0) is 16.0 Å². The Labute approximate surface area is 239 Å². The van der Waals surface area contributed by atoms with Crippen molar-refractivity contribution in [3.8, 4) is 5.75 Å². The number of amides is 1. The Hall–Kier alpha value is -4.38. The third-order valence-corrected chi connectivity index (χ3v) is 6.60. The molecule has 1 atom stereocenters. The molecule has 1 saturated heterocycles. The van der Waals surface area contributed by atoms with Gasteiger partial charge in [-0.3, -0.25) is 0 Å². The van der Waals surface area contributed by atoms with E-state index in [4.69, 9.17) is 24.2 Å². The largest absolute Gasteiger partial charge is 0.491 e. The number of carbonyl (C=O) groups is 1. The van der Waals surface area contributed by atoms with E-state index in [2.05, 4.69) is 27.8 Å².